The molecule has 2 aliphatic rings. The van der Waals surface area contributed by atoms with Gasteiger partial charge >= 0.3 is 0 Å². The highest BCUT2D eigenvalue weighted by Gasteiger charge is 2.47. The van der Waals surface area contributed by atoms with E-state index in [4.69, 9.17) is 5.73 Å². The number of anilines is 2. The number of benzene rings is 1. The normalized spacial score (nSPS) is 22.3. The molecule has 80 valence electrons. The lowest BCUT2D eigenvalue weighted by Gasteiger charge is -2.57. The van der Waals surface area contributed by atoms with Gasteiger partial charge in [-0.2, -0.15) is 0 Å². The molecule has 1 aliphatic carbocycles. The predicted molar refractivity (Wildman–Crippen MR) is 64.1 cm³/mol. The summed E-state index contributed by atoms with van der Waals surface area (Å²) >= 11 is 0. The van der Waals surface area contributed by atoms with E-state index in [0.29, 0.717) is 5.41 Å². The van der Waals surface area contributed by atoms with Crippen molar-refractivity contribution in [2.75, 3.05) is 23.7 Å². The summed E-state index contributed by atoms with van der Waals surface area (Å²) in [5.74, 6) is 0. The molecule has 1 heterocycles. The molecule has 0 amide bonds. The number of aryl methyl sites for hydroxylation is 1. The molecule has 2 heteroatoms. The summed E-state index contributed by atoms with van der Waals surface area (Å²) < 4.78 is 0. The van der Waals surface area contributed by atoms with Crippen molar-refractivity contribution in [3.05, 3.63) is 23.8 Å². The summed E-state index contributed by atoms with van der Waals surface area (Å²) in [4.78, 5) is 2.42. The van der Waals surface area contributed by atoms with Crippen LogP contribution in [0.15, 0.2) is 18.2 Å². The standard InChI is InChI=1S/C13H18N2/c1-10-3-4-12(11(14)7-10)15-8-13(9-15)5-2-6-13/h3-4,7H,2,5-6,8-9,14H2,1H3. The van der Waals surface area contributed by atoms with Crippen LogP contribution >= 0.6 is 0 Å². The van der Waals surface area contributed by atoms with Gasteiger partial charge in [0.1, 0.15) is 0 Å². The van der Waals surface area contributed by atoms with Gasteiger partial charge < -0.3 is 10.6 Å². The minimum Gasteiger partial charge on any atom is -0.397 e. The van der Waals surface area contributed by atoms with E-state index in [2.05, 4.69) is 30.0 Å². The second-order valence-corrected chi connectivity index (χ2v) is 5.27. The Kier molecular flexibility index (Phi) is 1.76. The third-order valence-electron chi connectivity index (χ3n) is 3.99. The van der Waals surface area contributed by atoms with E-state index >= 15 is 0 Å². The highest BCUT2D eigenvalue weighted by atomic mass is 15.2. The molecule has 0 unspecified atom stereocenters. The molecule has 1 saturated heterocycles. The molecular formula is C13H18N2. The monoisotopic (exact) mass is 202 g/mol. The van der Waals surface area contributed by atoms with Gasteiger partial charge in [0.15, 0.2) is 0 Å². The van der Waals surface area contributed by atoms with E-state index in [-0.39, 0.29) is 0 Å². The van der Waals surface area contributed by atoms with Crippen LogP contribution in [-0.2, 0) is 0 Å². The first-order valence-corrected chi connectivity index (χ1v) is 5.80. The fraction of sp³-hybridized carbons (Fsp3) is 0.538. The first-order valence-electron chi connectivity index (χ1n) is 5.80. The van der Waals surface area contributed by atoms with Crippen molar-refractivity contribution in [2.45, 2.75) is 26.2 Å². The highest BCUT2D eigenvalue weighted by molar-refractivity contribution is 5.69. The molecule has 0 atom stereocenters. The molecule has 0 aromatic heterocycles. The Morgan fingerprint density at radius 1 is 1.27 bits per heavy atom. The summed E-state index contributed by atoms with van der Waals surface area (Å²) in [5, 5.41) is 0. The fourth-order valence-corrected chi connectivity index (χ4v) is 2.89. The zero-order chi connectivity index (χ0) is 10.5. The summed E-state index contributed by atoms with van der Waals surface area (Å²) in [6, 6.07) is 6.38. The zero-order valence-corrected chi connectivity index (χ0v) is 9.29. The first-order chi connectivity index (χ1) is 7.19. The van der Waals surface area contributed by atoms with Crippen molar-refractivity contribution in [2.24, 2.45) is 5.41 Å². The van der Waals surface area contributed by atoms with Gasteiger partial charge in [0, 0.05) is 18.5 Å². The third-order valence-corrected chi connectivity index (χ3v) is 3.99. The lowest BCUT2D eigenvalue weighted by atomic mass is 9.63. The minimum atomic E-state index is 0.678. The van der Waals surface area contributed by atoms with Gasteiger partial charge in [-0.15, -0.1) is 0 Å². The van der Waals surface area contributed by atoms with E-state index in [1.54, 1.807) is 0 Å². The van der Waals surface area contributed by atoms with Crippen molar-refractivity contribution >= 4 is 11.4 Å². The average molecular weight is 202 g/mol. The molecule has 2 nitrogen and oxygen atoms in total. The second-order valence-electron chi connectivity index (χ2n) is 5.27. The van der Waals surface area contributed by atoms with E-state index in [0.717, 1.165) is 5.69 Å². The molecule has 1 saturated carbocycles. The lowest BCUT2D eigenvalue weighted by molar-refractivity contribution is 0.0905. The summed E-state index contributed by atoms with van der Waals surface area (Å²) in [5.41, 5.74) is 10.1. The van der Waals surface area contributed by atoms with E-state index in [9.17, 15) is 0 Å². The molecule has 0 radical (unpaired) electrons. The molecule has 1 spiro atoms. The number of hydrogen-bond donors (Lipinski definition) is 1. The summed E-state index contributed by atoms with van der Waals surface area (Å²) in [7, 11) is 0. The number of nitrogens with zero attached hydrogens (tertiary/aromatic N) is 1. The van der Waals surface area contributed by atoms with Crippen LogP contribution in [-0.4, -0.2) is 13.1 Å². The third kappa shape index (κ3) is 1.31. The Morgan fingerprint density at radius 2 is 2.00 bits per heavy atom. The molecule has 2 N–H and O–H groups in total. The lowest BCUT2D eigenvalue weighted by Crippen LogP contribution is -2.60. The van der Waals surface area contributed by atoms with Gasteiger partial charge in [0.25, 0.3) is 0 Å². The van der Waals surface area contributed by atoms with Crippen LogP contribution in [0.1, 0.15) is 24.8 Å². The molecular weight excluding hydrogens is 184 g/mol. The molecule has 1 aromatic carbocycles. The van der Waals surface area contributed by atoms with Gasteiger partial charge in [0.05, 0.1) is 11.4 Å². The molecule has 15 heavy (non-hydrogen) atoms. The molecule has 3 rings (SSSR count). The van der Waals surface area contributed by atoms with Crippen molar-refractivity contribution in [3.8, 4) is 0 Å². The average Bonchev–Trinajstić information content (AvgIpc) is 2.03. The Balaban J connectivity index is 1.77. The molecule has 1 aliphatic heterocycles. The molecule has 2 fully saturated rings. The van der Waals surface area contributed by atoms with Gasteiger partial charge in [0.2, 0.25) is 0 Å². The molecule has 0 bridgehead atoms. The van der Waals surface area contributed by atoms with Crippen LogP contribution in [0.3, 0.4) is 0 Å². The summed E-state index contributed by atoms with van der Waals surface area (Å²) in [6.07, 6.45) is 4.28. The smallest absolute Gasteiger partial charge is 0.0600 e. The topological polar surface area (TPSA) is 29.3 Å². The Morgan fingerprint density at radius 3 is 2.53 bits per heavy atom. The van der Waals surface area contributed by atoms with E-state index in [1.807, 2.05) is 0 Å². The molecule has 1 aromatic rings. The largest absolute Gasteiger partial charge is 0.397 e. The van der Waals surface area contributed by atoms with Gasteiger partial charge in [-0.05, 0) is 37.5 Å². The maximum absolute atomic E-state index is 6.04. The van der Waals surface area contributed by atoms with Crippen LogP contribution in [0.5, 0.6) is 0 Å². The Bertz CT molecular complexity index is 386. The minimum absolute atomic E-state index is 0.678. The maximum Gasteiger partial charge on any atom is 0.0600 e. The van der Waals surface area contributed by atoms with Crippen molar-refractivity contribution in [1.82, 2.24) is 0 Å². The predicted octanol–water partition coefficient (Wildman–Crippen LogP) is 2.57. The van der Waals surface area contributed by atoms with Gasteiger partial charge in [-0.1, -0.05) is 12.5 Å². The van der Waals surface area contributed by atoms with Crippen molar-refractivity contribution < 1.29 is 0 Å². The van der Waals surface area contributed by atoms with E-state index in [1.165, 1.54) is 43.6 Å². The fourth-order valence-electron chi connectivity index (χ4n) is 2.89. The van der Waals surface area contributed by atoms with Crippen LogP contribution in [0.4, 0.5) is 11.4 Å². The number of hydrogen-bond acceptors (Lipinski definition) is 2. The van der Waals surface area contributed by atoms with Crippen molar-refractivity contribution in [3.63, 3.8) is 0 Å². The van der Waals surface area contributed by atoms with Gasteiger partial charge in [-0.25, -0.2) is 0 Å². The maximum atomic E-state index is 6.04. The van der Waals surface area contributed by atoms with E-state index < -0.39 is 0 Å². The number of nitrogen functional groups attached to an aromatic ring is 1. The highest BCUT2D eigenvalue weighted by Crippen LogP contribution is 2.50. The second kappa shape index (κ2) is 2.91. The number of rotatable bonds is 1. The summed E-state index contributed by atoms with van der Waals surface area (Å²) in [6.45, 7) is 4.53. The van der Waals surface area contributed by atoms with Gasteiger partial charge in [-0.3, -0.25) is 0 Å². The zero-order valence-electron chi connectivity index (χ0n) is 9.29. The number of nitrogens with two attached hydrogens (primary N) is 1. The van der Waals surface area contributed by atoms with Crippen LogP contribution in [0, 0.1) is 12.3 Å². The Hall–Kier alpha value is -1.18. The Labute approximate surface area is 91.1 Å². The van der Waals surface area contributed by atoms with Crippen LogP contribution < -0.4 is 10.6 Å². The quantitative estimate of drug-likeness (QED) is 0.709. The van der Waals surface area contributed by atoms with Crippen LogP contribution in [0.2, 0.25) is 0 Å². The SMILES string of the molecule is Cc1ccc(N2CC3(CCC3)C2)c(N)c1. The van der Waals surface area contributed by atoms with Crippen molar-refractivity contribution in [1.29, 1.82) is 0 Å². The van der Waals surface area contributed by atoms with Crippen LogP contribution in [0.25, 0.3) is 0 Å². The first kappa shape index (κ1) is 9.08.